The lowest BCUT2D eigenvalue weighted by Crippen LogP contribution is -1.99. The number of rotatable bonds is 8. The van der Waals surface area contributed by atoms with Crippen LogP contribution in [0.5, 0.6) is 17.2 Å². The average molecular weight is 362 g/mol. The Morgan fingerprint density at radius 2 is 1.26 bits per heavy atom. The van der Waals surface area contributed by atoms with E-state index in [0.717, 1.165) is 35.7 Å². The van der Waals surface area contributed by atoms with E-state index >= 15 is 0 Å². The fourth-order valence-corrected chi connectivity index (χ4v) is 2.91. The highest BCUT2D eigenvalue weighted by Gasteiger charge is 2.07. The number of hydrogen-bond donors (Lipinski definition) is 0. The van der Waals surface area contributed by atoms with E-state index in [9.17, 15) is 0 Å². The zero-order chi connectivity index (χ0) is 19.1. The second-order valence-electron chi connectivity index (χ2n) is 6.61. The van der Waals surface area contributed by atoms with Crippen molar-refractivity contribution in [1.82, 2.24) is 0 Å². The van der Waals surface area contributed by atoms with E-state index in [4.69, 9.17) is 14.2 Å². The van der Waals surface area contributed by atoms with Gasteiger partial charge in [0.15, 0.2) is 11.5 Å². The SMILES string of the molecule is COc1ccc(CCc2ccc(OCc3ccc(C)cc3)c(OC)c2)cc1. The van der Waals surface area contributed by atoms with E-state index in [1.807, 2.05) is 18.2 Å². The minimum Gasteiger partial charge on any atom is -0.497 e. The summed E-state index contributed by atoms with van der Waals surface area (Å²) in [6, 6.07) is 22.7. The molecule has 0 saturated carbocycles. The van der Waals surface area contributed by atoms with Gasteiger partial charge in [-0.05, 0) is 60.7 Å². The first-order chi connectivity index (χ1) is 13.2. The van der Waals surface area contributed by atoms with E-state index < -0.39 is 0 Å². The lowest BCUT2D eigenvalue weighted by Gasteiger charge is -2.13. The van der Waals surface area contributed by atoms with Crippen LogP contribution in [0.15, 0.2) is 66.7 Å². The average Bonchev–Trinajstić information content (AvgIpc) is 2.72. The Labute approximate surface area is 161 Å². The molecule has 3 aromatic rings. The summed E-state index contributed by atoms with van der Waals surface area (Å²) in [5.41, 5.74) is 4.91. The lowest BCUT2D eigenvalue weighted by atomic mass is 10.0. The Morgan fingerprint density at radius 1 is 0.630 bits per heavy atom. The summed E-state index contributed by atoms with van der Waals surface area (Å²) >= 11 is 0. The molecule has 3 heteroatoms. The molecule has 0 fully saturated rings. The maximum absolute atomic E-state index is 5.96. The lowest BCUT2D eigenvalue weighted by molar-refractivity contribution is 0.284. The van der Waals surface area contributed by atoms with Gasteiger partial charge in [0.1, 0.15) is 12.4 Å². The number of benzene rings is 3. The van der Waals surface area contributed by atoms with Gasteiger partial charge in [-0.3, -0.25) is 0 Å². The van der Waals surface area contributed by atoms with Crippen LogP contribution in [0.4, 0.5) is 0 Å². The smallest absolute Gasteiger partial charge is 0.161 e. The van der Waals surface area contributed by atoms with Gasteiger partial charge in [-0.15, -0.1) is 0 Å². The largest absolute Gasteiger partial charge is 0.497 e. The van der Waals surface area contributed by atoms with Crippen molar-refractivity contribution in [3.63, 3.8) is 0 Å². The molecule has 3 rings (SSSR count). The van der Waals surface area contributed by atoms with Crippen LogP contribution in [0.25, 0.3) is 0 Å². The van der Waals surface area contributed by atoms with Crippen LogP contribution in [0, 0.1) is 6.92 Å². The molecule has 0 N–H and O–H groups in total. The van der Waals surface area contributed by atoms with Crippen LogP contribution in [-0.2, 0) is 19.4 Å². The van der Waals surface area contributed by atoms with Crippen molar-refractivity contribution in [3.05, 3.63) is 89.0 Å². The van der Waals surface area contributed by atoms with E-state index in [1.54, 1.807) is 14.2 Å². The minimum absolute atomic E-state index is 0.530. The highest BCUT2D eigenvalue weighted by molar-refractivity contribution is 5.43. The highest BCUT2D eigenvalue weighted by atomic mass is 16.5. The van der Waals surface area contributed by atoms with Crippen molar-refractivity contribution >= 4 is 0 Å². The van der Waals surface area contributed by atoms with Crippen molar-refractivity contribution in [2.24, 2.45) is 0 Å². The Kier molecular flexibility index (Phi) is 6.37. The summed E-state index contributed by atoms with van der Waals surface area (Å²) < 4.78 is 16.7. The molecule has 27 heavy (non-hydrogen) atoms. The van der Waals surface area contributed by atoms with E-state index in [0.29, 0.717) is 6.61 Å². The van der Waals surface area contributed by atoms with Crippen molar-refractivity contribution in [3.8, 4) is 17.2 Å². The molecular formula is C24H26O3. The van der Waals surface area contributed by atoms with Crippen LogP contribution in [0.3, 0.4) is 0 Å². The molecular weight excluding hydrogens is 336 g/mol. The Balaban J connectivity index is 1.61. The Bertz CT molecular complexity index is 852. The quantitative estimate of drug-likeness (QED) is 0.539. The molecule has 0 bridgehead atoms. The maximum atomic E-state index is 5.96. The van der Waals surface area contributed by atoms with Gasteiger partial charge < -0.3 is 14.2 Å². The minimum atomic E-state index is 0.530. The van der Waals surface area contributed by atoms with E-state index in [-0.39, 0.29) is 0 Å². The van der Waals surface area contributed by atoms with Gasteiger partial charge in [-0.2, -0.15) is 0 Å². The van der Waals surface area contributed by atoms with Gasteiger partial charge in [-0.25, -0.2) is 0 Å². The third-order valence-electron chi connectivity index (χ3n) is 4.60. The third kappa shape index (κ3) is 5.27. The summed E-state index contributed by atoms with van der Waals surface area (Å²) in [6.07, 6.45) is 1.91. The second-order valence-corrected chi connectivity index (χ2v) is 6.61. The molecule has 0 aliphatic rings. The van der Waals surface area contributed by atoms with Gasteiger partial charge in [-0.1, -0.05) is 48.0 Å². The second kappa shape index (κ2) is 9.13. The molecule has 0 unspecified atom stereocenters. The molecule has 0 amide bonds. The Hall–Kier alpha value is -2.94. The molecule has 0 radical (unpaired) electrons. The molecule has 0 spiro atoms. The first kappa shape index (κ1) is 18.8. The van der Waals surface area contributed by atoms with Crippen LogP contribution in [-0.4, -0.2) is 14.2 Å². The monoisotopic (exact) mass is 362 g/mol. The van der Waals surface area contributed by atoms with Gasteiger partial charge in [0.05, 0.1) is 14.2 Å². The third-order valence-corrected chi connectivity index (χ3v) is 4.60. The highest BCUT2D eigenvalue weighted by Crippen LogP contribution is 2.29. The van der Waals surface area contributed by atoms with Gasteiger partial charge in [0, 0.05) is 0 Å². The number of hydrogen-bond acceptors (Lipinski definition) is 3. The van der Waals surface area contributed by atoms with Crippen molar-refractivity contribution in [1.29, 1.82) is 0 Å². The van der Waals surface area contributed by atoms with Gasteiger partial charge in [0.2, 0.25) is 0 Å². The predicted molar refractivity (Wildman–Crippen MR) is 109 cm³/mol. The topological polar surface area (TPSA) is 27.7 Å². The summed E-state index contributed by atoms with van der Waals surface area (Å²) in [5.74, 6) is 2.43. The summed E-state index contributed by atoms with van der Waals surface area (Å²) in [7, 11) is 3.37. The zero-order valence-electron chi connectivity index (χ0n) is 16.2. The molecule has 0 aliphatic carbocycles. The number of methoxy groups -OCH3 is 2. The first-order valence-corrected chi connectivity index (χ1v) is 9.16. The van der Waals surface area contributed by atoms with Crippen molar-refractivity contribution in [2.75, 3.05) is 14.2 Å². The molecule has 0 aliphatic heterocycles. The zero-order valence-corrected chi connectivity index (χ0v) is 16.2. The van der Waals surface area contributed by atoms with E-state index in [2.05, 4.69) is 55.5 Å². The fourth-order valence-electron chi connectivity index (χ4n) is 2.91. The van der Waals surface area contributed by atoms with Crippen molar-refractivity contribution < 1.29 is 14.2 Å². The summed E-state index contributed by atoms with van der Waals surface area (Å²) in [4.78, 5) is 0. The van der Waals surface area contributed by atoms with Gasteiger partial charge >= 0.3 is 0 Å². The first-order valence-electron chi connectivity index (χ1n) is 9.16. The molecule has 140 valence electrons. The van der Waals surface area contributed by atoms with Crippen LogP contribution in [0.1, 0.15) is 22.3 Å². The van der Waals surface area contributed by atoms with Crippen molar-refractivity contribution in [2.45, 2.75) is 26.4 Å². The molecule has 0 heterocycles. The predicted octanol–water partition coefficient (Wildman–Crippen LogP) is 5.38. The van der Waals surface area contributed by atoms with Crippen LogP contribution < -0.4 is 14.2 Å². The number of aryl methyl sites for hydroxylation is 3. The van der Waals surface area contributed by atoms with Crippen LogP contribution in [0.2, 0.25) is 0 Å². The molecule has 0 saturated heterocycles. The summed E-state index contributed by atoms with van der Waals surface area (Å²) in [5, 5.41) is 0. The van der Waals surface area contributed by atoms with Crippen LogP contribution >= 0.6 is 0 Å². The van der Waals surface area contributed by atoms with Gasteiger partial charge in [0.25, 0.3) is 0 Å². The molecule has 0 atom stereocenters. The summed E-state index contributed by atoms with van der Waals surface area (Å²) in [6.45, 7) is 2.61. The number of ether oxygens (including phenoxy) is 3. The fraction of sp³-hybridized carbons (Fsp3) is 0.250. The normalized spacial score (nSPS) is 10.5. The van der Waals surface area contributed by atoms with E-state index in [1.165, 1.54) is 16.7 Å². The molecule has 3 aromatic carbocycles. The maximum Gasteiger partial charge on any atom is 0.161 e. The standard InChI is InChI=1S/C24H26O3/c1-18-4-6-21(7-5-18)17-27-23-15-12-20(16-24(23)26-3)9-8-19-10-13-22(25-2)14-11-19/h4-7,10-16H,8-9,17H2,1-3H3. The molecule has 3 nitrogen and oxygen atoms in total. The molecule has 0 aromatic heterocycles. The Morgan fingerprint density at radius 3 is 1.93 bits per heavy atom.